The first-order valence-electron chi connectivity index (χ1n) is 17.4. The fourth-order valence-corrected chi connectivity index (χ4v) is 9.15. The summed E-state index contributed by atoms with van der Waals surface area (Å²) in [5, 5.41) is 2.30. The summed E-state index contributed by atoms with van der Waals surface area (Å²) in [4.78, 5) is 12.0. The Hall–Kier alpha value is -6.43. The summed E-state index contributed by atoms with van der Waals surface area (Å²) in [6, 6.07) is 62.0. The lowest BCUT2D eigenvalue weighted by Gasteiger charge is -2.42. The Morgan fingerprint density at radius 3 is 1.96 bits per heavy atom. The molecule has 10 rings (SSSR count). The SMILES string of the molecule is c1ccc(C2(c3ccccc3)c3ccccc3Sc3ccc4c5ccc(Oc6cccc(-c7ccccn7)c6)cc5n(-c5ccccn5)c4c32)cc1. The van der Waals surface area contributed by atoms with E-state index in [1.54, 1.807) is 0 Å². The van der Waals surface area contributed by atoms with E-state index in [0.717, 1.165) is 45.0 Å². The highest BCUT2D eigenvalue weighted by Crippen LogP contribution is 2.58. The molecular formula is C47H31N3OS. The first-order valence-corrected chi connectivity index (χ1v) is 18.2. The van der Waals surface area contributed by atoms with Crippen LogP contribution < -0.4 is 4.74 Å². The van der Waals surface area contributed by atoms with Crippen molar-refractivity contribution in [1.29, 1.82) is 0 Å². The fraction of sp³-hybridized carbons (Fsp3) is 0.0213. The smallest absolute Gasteiger partial charge is 0.137 e. The molecule has 0 N–H and O–H groups in total. The van der Waals surface area contributed by atoms with Crippen LogP contribution in [0.4, 0.5) is 0 Å². The molecule has 0 spiro atoms. The van der Waals surface area contributed by atoms with Gasteiger partial charge in [-0.15, -0.1) is 0 Å². The summed E-state index contributed by atoms with van der Waals surface area (Å²) >= 11 is 1.84. The van der Waals surface area contributed by atoms with Crippen molar-refractivity contribution in [1.82, 2.24) is 14.5 Å². The number of fused-ring (bicyclic) bond motifs is 6. The second-order valence-electron chi connectivity index (χ2n) is 13.0. The maximum atomic E-state index is 6.61. The van der Waals surface area contributed by atoms with Crippen LogP contribution >= 0.6 is 11.8 Å². The van der Waals surface area contributed by atoms with Crippen LogP contribution in [0.1, 0.15) is 22.3 Å². The highest BCUT2D eigenvalue weighted by atomic mass is 32.2. The van der Waals surface area contributed by atoms with E-state index in [1.807, 2.05) is 66.6 Å². The lowest BCUT2D eigenvalue weighted by molar-refractivity contribution is 0.483. The van der Waals surface area contributed by atoms with E-state index in [2.05, 4.69) is 143 Å². The lowest BCUT2D eigenvalue weighted by atomic mass is 9.64. The average molecular weight is 686 g/mol. The third kappa shape index (κ3) is 4.78. The molecule has 4 nitrogen and oxygen atoms in total. The van der Waals surface area contributed by atoms with Crippen LogP contribution in [0, 0.1) is 0 Å². The van der Waals surface area contributed by atoms with E-state index >= 15 is 0 Å². The van der Waals surface area contributed by atoms with Gasteiger partial charge in [-0.25, -0.2) is 4.98 Å². The number of pyridine rings is 2. The van der Waals surface area contributed by atoms with Crippen molar-refractivity contribution >= 4 is 33.6 Å². The molecule has 0 amide bonds. The van der Waals surface area contributed by atoms with E-state index in [0.29, 0.717) is 0 Å². The van der Waals surface area contributed by atoms with Crippen molar-refractivity contribution in [2.75, 3.05) is 0 Å². The molecule has 0 aliphatic carbocycles. The summed E-state index contributed by atoms with van der Waals surface area (Å²) in [7, 11) is 0. The van der Waals surface area contributed by atoms with Gasteiger partial charge in [0.1, 0.15) is 17.3 Å². The van der Waals surface area contributed by atoms with Gasteiger partial charge in [0.2, 0.25) is 0 Å². The van der Waals surface area contributed by atoms with Gasteiger partial charge in [-0.3, -0.25) is 9.55 Å². The lowest BCUT2D eigenvalue weighted by Crippen LogP contribution is -2.34. The molecule has 246 valence electrons. The zero-order chi connectivity index (χ0) is 34.5. The van der Waals surface area contributed by atoms with Crippen LogP contribution in [0.25, 0.3) is 38.9 Å². The van der Waals surface area contributed by atoms with Gasteiger partial charge >= 0.3 is 0 Å². The summed E-state index contributed by atoms with van der Waals surface area (Å²) in [6.45, 7) is 0. The van der Waals surface area contributed by atoms with Gasteiger partial charge in [-0.05, 0) is 77.4 Å². The number of hydrogen-bond donors (Lipinski definition) is 0. The monoisotopic (exact) mass is 685 g/mol. The number of benzene rings is 6. The third-order valence-electron chi connectivity index (χ3n) is 10.1. The molecule has 0 unspecified atom stereocenters. The number of nitrogens with zero attached hydrogens (tertiary/aromatic N) is 3. The third-order valence-corrected chi connectivity index (χ3v) is 11.2. The molecule has 9 aromatic rings. The van der Waals surface area contributed by atoms with Crippen LogP contribution in [0.2, 0.25) is 0 Å². The second kappa shape index (κ2) is 12.4. The quantitative estimate of drug-likeness (QED) is 0.175. The van der Waals surface area contributed by atoms with E-state index in [4.69, 9.17) is 9.72 Å². The van der Waals surface area contributed by atoms with E-state index in [1.165, 1.54) is 37.4 Å². The number of hydrogen-bond acceptors (Lipinski definition) is 4. The highest BCUT2D eigenvalue weighted by molar-refractivity contribution is 7.99. The van der Waals surface area contributed by atoms with Crippen LogP contribution in [0.3, 0.4) is 0 Å². The van der Waals surface area contributed by atoms with E-state index in [-0.39, 0.29) is 0 Å². The molecule has 0 saturated heterocycles. The van der Waals surface area contributed by atoms with Gasteiger partial charge in [-0.1, -0.05) is 121 Å². The zero-order valence-corrected chi connectivity index (χ0v) is 28.9. The topological polar surface area (TPSA) is 39.9 Å². The van der Waals surface area contributed by atoms with Gasteiger partial charge in [0, 0.05) is 50.2 Å². The first-order chi connectivity index (χ1) is 25.8. The number of ether oxygens (including phenoxy) is 1. The Bertz CT molecular complexity index is 2690. The second-order valence-corrected chi connectivity index (χ2v) is 14.0. The van der Waals surface area contributed by atoms with Crippen molar-refractivity contribution in [3.8, 4) is 28.6 Å². The molecule has 0 radical (unpaired) electrons. The van der Waals surface area contributed by atoms with Gasteiger partial charge in [0.25, 0.3) is 0 Å². The first kappa shape index (κ1) is 30.4. The molecule has 5 heteroatoms. The average Bonchev–Trinajstić information content (AvgIpc) is 3.55. The van der Waals surface area contributed by atoms with E-state index in [9.17, 15) is 0 Å². The number of rotatable bonds is 6. The highest BCUT2D eigenvalue weighted by Gasteiger charge is 2.46. The van der Waals surface area contributed by atoms with Gasteiger partial charge in [-0.2, -0.15) is 0 Å². The summed E-state index contributed by atoms with van der Waals surface area (Å²) in [6.07, 6.45) is 3.69. The molecule has 1 aliphatic heterocycles. The van der Waals surface area contributed by atoms with Crippen molar-refractivity contribution in [2.45, 2.75) is 15.2 Å². The normalized spacial score (nSPS) is 13.1. The van der Waals surface area contributed by atoms with Crippen LogP contribution in [0.5, 0.6) is 11.5 Å². The molecule has 52 heavy (non-hydrogen) atoms. The Morgan fingerprint density at radius 2 is 1.21 bits per heavy atom. The minimum Gasteiger partial charge on any atom is -0.457 e. The predicted octanol–water partition coefficient (Wildman–Crippen LogP) is 11.9. The van der Waals surface area contributed by atoms with Crippen molar-refractivity contribution in [3.05, 3.63) is 211 Å². The van der Waals surface area contributed by atoms with Crippen molar-refractivity contribution in [2.24, 2.45) is 0 Å². The van der Waals surface area contributed by atoms with Crippen molar-refractivity contribution in [3.63, 3.8) is 0 Å². The van der Waals surface area contributed by atoms with Crippen LogP contribution in [-0.4, -0.2) is 14.5 Å². The Morgan fingerprint density at radius 1 is 0.519 bits per heavy atom. The molecule has 0 atom stereocenters. The molecular weight excluding hydrogens is 655 g/mol. The number of aromatic nitrogens is 3. The summed E-state index contributed by atoms with van der Waals surface area (Å²) in [5.41, 5.74) is 8.42. The van der Waals surface area contributed by atoms with Crippen LogP contribution in [0.15, 0.2) is 198 Å². The molecule has 1 aliphatic rings. The van der Waals surface area contributed by atoms with Gasteiger partial charge < -0.3 is 4.74 Å². The predicted molar refractivity (Wildman–Crippen MR) is 211 cm³/mol. The fourth-order valence-electron chi connectivity index (χ4n) is 7.95. The Balaban J connectivity index is 1.28. The molecule has 4 heterocycles. The van der Waals surface area contributed by atoms with Gasteiger partial charge in [0.05, 0.1) is 22.1 Å². The zero-order valence-electron chi connectivity index (χ0n) is 28.1. The van der Waals surface area contributed by atoms with Crippen molar-refractivity contribution < 1.29 is 4.74 Å². The maximum Gasteiger partial charge on any atom is 0.137 e. The maximum absolute atomic E-state index is 6.61. The molecule has 3 aromatic heterocycles. The summed E-state index contributed by atoms with van der Waals surface area (Å²) < 4.78 is 8.95. The Kier molecular flexibility index (Phi) is 7.25. The van der Waals surface area contributed by atoms with Gasteiger partial charge in [0.15, 0.2) is 0 Å². The standard InChI is InChI=1S/C47H31N3OS/c1-3-15-33(16-4-1)47(34-17-5-2-6-18-34)39-20-7-8-22-42(39)52-43-27-26-38-37-25-24-36(51-35-19-13-14-32(30-35)40-21-9-11-28-48-40)31-41(37)50(46(38)45(43)47)44-23-10-12-29-49-44/h1-31H. The Labute approximate surface area is 306 Å². The molecule has 0 fully saturated rings. The molecule has 0 saturated carbocycles. The largest absolute Gasteiger partial charge is 0.457 e. The van der Waals surface area contributed by atoms with E-state index < -0.39 is 5.41 Å². The molecule has 6 aromatic carbocycles. The van der Waals surface area contributed by atoms with Crippen LogP contribution in [-0.2, 0) is 5.41 Å². The molecule has 0 bridgehead atoms. The summed E-state index contributed by atoms with van der Waals surface area (Å²) in [5.74, 6) is 2.35. The minimum absolute atomic E-state index is 0.606. The minimum atomic E-state index is -0.606.